The van der Waals surface area contributed by atoms with E-state index in [9.17, 15) is 4.79 Å². The topological polar surface area (TPSA) is 65.4 Å². The van der Waals surface area contributed by atoms with Crippen LogP contribution < -0.4 is 14.8 Å². The summed E-state index contributed by atoms with van der Waals surface area (Å²) in [6.07, 6.45) is 1.75. The molecule has 0 aliphatic carbocycles. The van der Waals surface area contributed by atoms with Crippen LogP contribution in [0, 0.1) is 0 Å². The lowest BCUT2D eigenvalue weighted by atomic mass is 10.1. The molecule has 3 heterocycles. The van der Waals surface area contributed by atoms with Gasteiger partial charge >= 0.3 is 0 Å². The molecule has 0 aliphatic rings. The summed E-state index contributed by atoms with van der Waals surface area (Å²) in [6.45, 7) is 2.14. The molecule has 0 radical (unpaired) electrons. The van der Waals surface area contributed by atoms with E-state index in [1.165, 1.54) is 0 Å². The van der Waals surface area contributed by atoms with Gasteiger partial charge in [0.2, 0.25) is 5.91 Å². The Labute approximate surface area is 179 Å². The summed E-state index contributed by atoms with van der Waals surface area (Å²) in [5, 5.41) is 6.13. The maximum Gasteiger partial charge on any atom is 0.240 e. The van der Waals surface area contributed by atoms with Gasteiger partial charge in [0, 0.05) is 11.6 Å². The molecule has 0 fully saturated rings. The summed E-state index contributed by atoms with van der Waals surface area (Å²) in [6, 6.07) is 15.5. The molecule has 0 saturated heterocycles. The lowest BCUT2D eigenvalue weighted by Crippen LogP contribution is -2.30. The predicted molar refractivity (Wildman–Crippen MR) is 119 cm³/mol. The number of carbonyl (C=O) groups excluding carboxylic acids is 1. The fourth-order valence-corrected chi connectivity index (χ4v) is 4.26. The Kier molecular flexibility index (Phi) is 5.72. The Bertz CT molecular complexity index is 1170. The van der Waals surface area contributed by atoms with E-state index in [4.69, 9.17) is 9.47 Å². The monoisotopic (exact) mass is 421 g/mol. The van der Waals surface area contributed by atoms with Crippen LogP contribution in [-0.4, -0.2) is 29.7 Å². The number of nitrogens with zero attached hydrogens (tertiary/aromatic N) is 2. The minimum absolute atomic E-state index is 0.0850. The van der Waals surface area contributed by atoms with E-state index in [-0.39, 0.29) is 18.5 Å². The fraction of sp³-hybridized carbons (Fsp3) is 0.217. The molecule has 7 heteroatoms. The van der Waals surface area contributed by atoms with Crippen LogP contribution in [0.2, 0.25) is 0 Å². The zero-order chi connectivity index (χ0) is 21.1. The van der Waals surface area contributed by atoms with Gasteiger partial charge in [-0.2, -0.15) is 0 Å². The van der Waals surface area contributed by atoms with Gasteiger partial charge in [-0.15, -0.1) is 11.3 Å². The van der Waals surface area contributed by atoms with Crippen molar-refractivity contribution < 1.29 is 14.3 Å². The molecule has 1 unspecified atom stereocenters. The van der Waals surface area contributed by atoms with Crippen LogP contribution >= 0.6 is 11.3 Å². The maximum atomic E-state index is 12.9. The largest absolute Gasteiger partial charge is 0.493 e. The molecule has 0 spiro atoms. The minimum Gasteiger partial charge on any atom is -0.493 e. The van der Waals surface area contributed by atoms with E-state index in [0.29, 0.717) is 11.5 Å². The first-order chi connectivity index (χ1) is 14.6. The summed E-state index contributed by atoms with van der Waals surface area (Å²) < 4.78 is 12.6. The van der Waals surface area contributed by atoms with Crippen LogP contribution in [0.3, 0.4) is 0 Å². The van der Waals surface area contributed by atoms with Crippen LogP contribution in [0.4, 0.5) is 0 Å². The third kappa shape index (κ3) is 3.89. The zero-order valence-electron chi connectivity index (χ0n) is 17.1. The molecule has 1 atom stereocenters. The van der Waals surface area contributed by atoms with Crippen molar-refractivity contribution in [2.75, 3.05) is 14.2 Å². The number of nitrogens with one attached hydrogen (secondary N) is 1. The molecule has 0 aliphatic heterocycles. The lowest BCUT2D eigenvalue weighted by molar-refractivity contribution is -0.122. The highest BCUT2D eigenvalue weighted by Crippen LogP contribution is 2.31. The highest BCUT2D eigenvalue weighted by atomic mass is 32.1. The molecule has 4 rings (SSSR count). The van der Waals surface area contributed by atoms with Crippen molar-refractivity contribution in [1.82, 2.24) is 14.9 Å². The van der Waals surface area contributed by atoms with Gasteiger partial charge in [-0.05, 0) is 54.3 Å². The van der Waals surface area contributed by atoms with Crippen molar-refractivity contribution in [3.05, 3.63) is 65.7 Å². The molecule has 6 nitrogen and oxygen atoms in total. The summed E-state index contributed by atoms with van der Waals surface area (Å²) in [5.41, 5.74) is 2.73. The van der Waals surface area contributed by atoms with E-state index >= 15 is 0 Å². The van der Waals surface area contributed by atoms with Gasteiger partial charge in [0.15, 0.2) is 11.5 Å². The van der Waals surface area contributed by atoms with E-state index in [1.54, 1.807) is 31.8 Å². The standard InChI is InChI=1S/C23H23N3O3S/c1-15(16-8-9-19(28-2)20(13-16)29-3)25-22(27)14-26-18(21-7-5-11-30-21)12-17-6-4-10-24-23(17)26/h4-13,15H,14H2,1-3H3,(H,25,27). The molecular weight excluding hydrogens is 398 g/mol. The second-order valence-electron chi connectivity index (χ2n) is 6.91. The molecule has 1 aromatic carbocycles. The minimum atomic E-state index is -0.183. The third-order valence-electron chi connectivity index (χ3n) is 5.02. The molecule has 30 heavy (non-hydrogen) atoms. The molecule has 3 aromatic heterocycles. The molecule has 4 aromatic rings. The van der Waals surface area contributed by atoms with Gasteiger partial charge in [0.05, 0.1) is 30.8 Å². The van der Waals surface area contributed by atoms with Crippen molar-refractivity contribution in [2.24, 2.45) is 0 Å². The number of amides is 1. The molecular formula is C23H23N3O3S. The van der Waals surface area contributed by atoms with Gasteiger partial charge in [0.25, 0.3) is 0 Å². The van der Waals surface area contributed by atoms with Gasteiger partial charge in [-0.3, -0.25) is 4.79 Å². The number of ether oxygens (including phenoxy) is 2. The van der Waals surface area contributed by atoms with Crippen LogP contribution in [0.15, 0.2) is 60.1 Å². The van der Waals surface area contributed by atoms with E-state index in [2.05, 4.69) is 22.4 Å². The molecule has 1 amide bonds. The number of benzene rings is 1. The summed E-state index contributed by atoms with van der Waals surface area (Å²) in [5.74, 6) is 1.21. The molecule has 0 saturated carbocycles. The van der Waals surface area contributed by atoms with Gasteiger partial charge in [-0.25, -0.2) is 4.98 Å². The summed E-state index contributed by atoms with van der Waals surface area (Å²) in [4.78, 5) is 18.5. The fourth-order valence-electron chi connectivity index (χ4n) is 3.51. The number of aromatic nitrogens is 2. The van der Waals surface area contributed by atoms with E-state index in [0.717, 1.165) is 27.2 Å². The second-order valence-corrected chi connectivity index (χ2v) is 7.86. The first kappa shape index (κ1) is 20.0. The average Bonchev–Trinajstić information content (AvgIpc) is 3.41. The predicted octanol–water partition coefficient (Wildman–Crippen LogP) is 4.66. The Morgan fingerprint density at radius 3 is 2.70 bits per heavy atom. The van der Waals surface area contributed by atoms with Crippen LogP contribution in [0.25, 0.3) is 21.6 Å². The van der Waals surface area contributed by atoms with Gasteiger partial charge in [-0.1, -0.05) is 12.1 Å². The Hall–Kier alpha value is -3.32. The number of hydrogen-bond donors (Lipinski definition) is 1. The number of carbonyl (C=O) groups is 1. The smallest absolute Gasteiger partial charge is 0.240 e. The highest BCUT2D eigenvalue weighted by Gasteiger charge is 2.17. The van der Waals surface area contributed by atoms with Gasteiger partial charge in [0.1, 0.15) is 12.2 Å². The number of thiophene rings is 1. The number of hydrogen-bond acceptors (Lipinski definition) is 5. The normalized spacial score (nSPS) is 12.0. The van der Waals surface area contributed by atoms with Crippen LogP contribution in [0.5, 0.6) is 11.5 Å². The van der Waals surface area contributed by atoms with Crippen molar-refractivity contribution in [2.45, 2.75) is 19.5 Å². The highest BCUT2D eigenvalue weighted by molar-refractivity contribution is 7.13. The first-order valence-corrected chi connectivity index (χ1v) is 10.5. The summed E-state index contributed by atoms with van der Waals surface area (Å²) >= 11 is 1.64. The number of fused-ring (bicyclic) bond motifs is 1. The lowest BCUT2D eigenvalue weighted by Gasteiger charge is -2.17. The Morgan fingerprint density at radius 2 is 1.97 bits per heavy atom. The van der Waals surface area contributed by atoms with Crippen LogP contribution in [0.1, 0.15) is 18.5 Å². The van der Waals surface area contributed by atoms with Crippen molar-refractivity contribution in [3.8, 4) is 22.1 Å². The molecule has 154 valence electrons. The second kappa shape index (κ2) is 8.59. The Morgan fingerprint density at radius 1 is 1.13 bits per heavy atom. The first-order valence-electron chi connectivity index (χ1n) is 9.60. The molecule has 0 bridgehead atoms. The van der Waals surface area contributed by atoms with Crippen molar-refractivity contribution in [3.63, 3.8) is 0 Å². The number of pyridine rings is 1. The van der Waals surface area contributed by atoms with Crippen LogP contribution in [-0.2, 0) is 11.3 Å². The summed E-state index contributed by atoms with van der Waals surface area (Å²) in [7, 11) is 3.20. The SMILES string of the molecule is COc1ccc(C(C)NC(=O)Cn2c(-c3cccs3)cc3cccnc32)cc1OC. The number of rotatable bonds is 7. The average molecular weight is 422 g/mol. The van der Waals surface area contributed by atoms with E-state index < -0.39 is 0 Å². The number of methoxy groups -OCH3 is 2. The Balaban J connectivity index is 1.57. The quantitative estimate of drug-likeness (QED) is 0.471. The van der Waals surface area contributed by atoms with Crippen molar-refractivity contribution >= 4 is 28.3 Å². The molecule has 1 N–H and O–H groups in total. The van der Waals surface area contributed by atoms with Crippen molar-refractivity contribution in [1.29, 1.82) is 0 Å². The third-order valence-corrected chi connectivity index (χ3v) is 5.91. The van der Waals surface area contributed by atoms with Gasteiger partial charge < -0.3 is 19.4 Å². The van der Waals surface area contributed by atoms with E-state index in [1.807, 2.05) is 53.3 Å². The maximum absolute atomic E-state index is 12.9. The zero-order valence-corrected chi connectivity index (χ0v) is 17.9.